The fraction of sp³-hybridized carbons (Fsp3) is 0.321. The van der Waals surface area contributed by atoms with E-state index < -0.39 is 36.1 Å². The highest BCUT2D eigenvalue weighted by molar-refractivity contribution is 6.04. The highest BCUT2D eigenvalue weighted by Gasteiger charge is 2.36. The molecule has 0 bridgehead atoms. The minimum absolute atomic E-state index is 0.0269. The number of carbonyl (C=O) groups excluding carboxylic acids is 3. The number of furan rings is 1. The summed E-state index contributed by atoms with van der Waals surface area (Å²) in [7, 11) is 0. The predicted molar refractivity (Wildman–Crippen MR) is 134 cm³/mol. The summed E-state index contributed by atoms with van der Waals surface area (Å²) in [6, 6.07) is 13.1. The summed E-state index contributed by atoms with van der Waals surface area (Å²) in [6.45, 7) is 3.34. The van der Waals surface area contributed by atoms with Gasteiger partial charge in [0.1, 0.15) is 11.9 Å². The summed E-state index contributed by atoms with van der Waals surface area (Å²) >= 11 is 0. The van der Waals surface area contributed by atoms with E-state index in [4.69, 9.17) is 4.42 Å². The molecule has 0 spiro atoms. The fourth-order valence-corrected chi connectivity index (χ4v) is 4.59. The van der Waals surface area contributed by atoms with Crippen LogP contribution in [0, 0.1) is 19.7 Å². The van der Waals surface area contributed by atoms with Gasteiger partial charge in [0, 0.05) is 17.3 Å². The van der Waals surface area contributed by atoms with Gasteiger partial charge < -0.3 is 15.1 Å². The van der Waals surface area contributed by atoms with Gasteiger partial charge in [-0.3, -0.25) is 19.3 Å². The first-order valence-electron chi connectivity index (χ1n) is 12.1. The third kappa shape index (κ3) is 5.48. The van der Waals surface area contributed by atoms with Crippen molar-refractivity contribution in [2.75, 3.05) is 11.4 Å². The highest BCUT2D eigenvalue weighted by atomic mass is 19.1. The molecule has 3 aromatic rings. The molecule has 0 saturated heterocycles. The van der Waals surface area contributed by atoms with Crippen molar-refractivity contribution >= 4 is 23.4 Å². The topological polar surface area (TPSA) is 91.7 Å². The molecule has 1 aliphatic carbocycles. The number of nitrogens with zero attached hydrogens (tertiary/aromatic N) is 1. The molecule has 7 nitrogen and oxygen atoms in total. The average molecular weight is 492 g/mol. The molecule has 1 fully saturated rings. The van der Waals surface area contributed by atoms with Crippen LogP contribution in [0.3, 0.4) is 0 Å². The summed E-state index contributed by atoms with van der Waals surface area (Å²) in [5, 5.41) is 5.58. The van der Waals surface area contributed by atoms with Crippen molar-refractivity contribution in [3.63, 3.8) is 0 Å². The molecule has 1 atom stereocenters. The number of anilines is 1. The lowest BCUT2D eigenvalue weighted by Crippen LogP contribution is -2.49. The Bertz CT molecular complexity index is 1240. The molecule has 2 aromatic carbocycles. The zero-order chi connectivity index (χ0) is 25.7. The monoisotopic (exact) mass is 491 g/mol. The molecule has 1 saturated carbocycles. The number of benzene rings is 2. The molecule has 188 valence electrons. The first-order valence-corrected chi connectivity index (χ1v) is 12.1. The van der Waals surface area contributed by atoms with Crippen LogP contribution in [0.5, 0.6) is 0 Å². The zero-order valence-corrected chi connectivity index (χ0v) is 20.4. The SMILES string of the molecule is Cc1cccc(N(C(=O)CNC(=O)c2ccco2)[C@@H](C(=O)NC2CCCC2)c2ccccc2F)c1C. The molecule has 4 rings (SSSR count). The second-order valence-electron chi connectivity index (χ2n) is 9.06. The van der Waals surface area contributed by atoms with Crippen molar-refractivity contribution in [3.8, 4) is 0 Å². The first-order chi connectivity index (χ1) is 17.4. The number of nitrogens with one attached hydrogen (secondary N) is 2. The van der Waals surface area contributed by atoms with Gasteiger partial charge in [-0.25, -0.2) is 4.39 Å². The number of hydrogen-bond acceptors (Lipinski definition) is 4. The zero-order valence-electron chi connectivity index (χ0n) is 20.4. The normalized spacial score (nSPS) is 14.3. The van der Waals surface area contributed by atoms with Gasteiger partial charge in [0.2, 0.25) is 11.8 Å². The Hall–Kier alpha value is -3.94. The van der Waals surface area contributed by atoms with Gasteiger partial charge in [-0.1, -0.05) is 43.2 Å². The molecule has 36 heavy (non-hydrogen) atoms. The van der Waals surface area contributed by atoms with Gasteiger partial charge in [-0.15, -0.1) is 0 Å². The molecule has 3 amide bonds. The Morgan fingerprint density at radius 2 is 1.78 bits per heavy atom. The summed E-state index contributed by atoms with van der Waals surface area (Å²) in [6.07, 6.45) is 5.06. The molecule has 1 aromatic heterocycles. The summed E-state index contributed by atoms with van der Waals surface area (Å²) in [5.74, 6) is -2.11. The first kappa shape index (κ1) is 25.2. The van der Waals surface area contributed by atoms with Crippen LogP contribution in [0.15, 0.2) is 65.3 Å². The van der Waals surface area contributed by atoms with Gasteiger partial charge >= 0.3 is 0 Å². The van der Waals surface area contributed by atoms with Gasteiger partial charge in [-0.2, -0.15) is 0 Å². The van der Waals surface area contributed by atoms with Crippen molar-refractivity contribution < 1.29 is 23.2 Å². The standard InChI is InChI=1S/C28H30FN3O4/c1-18-9-7-14-23(19(18)2)32(25(33)17-30-27(34)24-15-8-16-36-24)26(21-12-5-6-13-22(21)29)28(35)31-20-10-3-4-11-20/h5-9,12-16,20,26H,3-4,10-11,17H2,1-2H3,(H,30,34)(H,31,35)/t26-/m1/s1. The van der Waals surface area contributed by atoms with E-state index in [1.54, 1.807) is 30.3 Å². The van der Waals surface area contributed by atoms with Crippen molar-refractivity contribution in [2.24, 2.45) is 0 Å². The number of amides is 3. The van der Waals surface area contributed by atoms with Gasteiger partial charge in [0.05, 0.1) is 12.8 Å². The lowest BCUT2D eigenvalue weighted by molar-refractivity contribution is -0.126. The largest absolute Gasteiger partial charge is 0.459 e. The molecule has 2 N–H and O–H groups in total. The number of carbonyl (C=O) groups is 3. The van der Waals surface area contributed by atoms with Crippen molar-refractivity contribution in [2.45, 2.75) is 51.6 Å². The fourth-order valence-electron chi connectivity index (χ4n) is 4.59. The number of rotatable bonds is 8. The van der Waals surface area contributed by atoms with Crippen LogP contribution in [0.2, 0.25) is 0 Å². The molecule has 0 aliphatic heterocycles. The van der Waals surface area contributed by atoms with E-state index in [2.05, 4.69) is 10.6 Å². The van der Waals surface area contributed by atoms with Gasteiger partial charge in [0.25, 0.3) is 5.91 Å². The predicted octanol–water partition coefficient (Wildman–Crippen LogP) is 4.60. The maximum Gasteiger partial charge on any atom is 0.287 e. The van der Waals surface area contributed by atoms with Crippen LogP contribution in [0.25, 0.3) is 0 Å². The van der Waals surface area contributed by atoms with Gasteiger partial charge in [0.15, 0.2) is 5.76 Å². The van der Waals surface area contributed by atoms with Crippen LogP contribution in [-0.4, -0.2) is 30.3 Å². The maximum atomic E-state index is 15.1. The Morgan fingerprint density at radius 1 is 1.03 bits per heavy atom. The smallest absolute Gasteiger partial charge is 0.287 e. The van der Waals surface area contributed by atoms with Crippen LogP contribution >= 0.6 is 0 Å². The second kappa shape index (κ2) is 11.2. The number of halogens is 1. The Labute approximate surface area is 209 Å². The molecular weight excluding hydrogens is 461 g/mol. The summed E-state index contributed by atoms with van der Waals surface area (Å²) in [4.78, 5) is 41.2. The number of aryl methyl sites for hydroxylation is 1. The minimum Gasteiger partial charge on any atom is -0.459 e. The van der Waals surface area contributed by atoms with E-state index in [1.165, 1.54) is 29.4 Å². The van der Waals surface area contributed by atoms with E-state index in [-0.39, 0.29) is 17.4 Å². The minimum atomic E-state index is -1.26. The van der Waals surface area contributed by atoms with Crippen LogP contribution < -0.4 is 15.5 Å². The average Bonchev–Trinajstić information content (AvgIpc) is 3.58. The third-order valence-electron chi connectivity index (χ3n) is 6.66. The van der Waals surface area contributed by atoms with Crippen LogP contribution in [0.1, 0.15) is 59.0 Å². The van der Waals surface area contributed by atoms with Crippen LogP contribution in [-0.2, 0) is 9.59 Å². The van der Waals surface area contributed by atoms with E-state index in [9.17, 15) is 14.4 Å². The van der Waals surface area contributed by atoms with E-state index >= 15 is 4.39 Å². The van der Waals surface area contributed by atoms with Crippen molar-refractivity contribution in [1.82, 2.24) is 10.6 Å². The Kier molecular flexibility index (Phi) is 7.83. The molecular formula is C28H30FN3O4. The Morgan fingerprint density at radius 3 is 2.47 bits per heavy atom. The van der Waals surface area contributed by atoms with E-state index in [1.807, 2.05) is 19.9 Å². The van der Waals surface area contributed by atoms with E-state index in [0.29, 0.717) is 5.69 Å². The maximum absolute atomic E-state index is 15.1. The Balaban J connectivity index is 1.74. The molecule has 0 unspecified atom stereocenters. The molecule has 1 aliphatic rings. The molecule has 1 heterocycles. The van der Waals surface area contributed by atoms with Crippen molar-refractivity contribution in [1.29, 1.82) is 0 Å². The van der Waals surface area contributed by atoms with Crippen LogP contribution in [0.4, 0.5) is 10.1 Å². The van der Waals surface area contributed by atoms with Crippen molar-refractivity contribution in [3.05, 3.63) is 89.1 Å². The summed E-state index contributed by atoms with van der Waals surface area (Å²) < 4.78 is 20.2. The lowest BCUT2D eigenvalue weighted by Gasteiger charge is -2.34. The summed E-state index contributed by atoms with van der Waals surface area (Å²) in [5.41, 5.74) is 2.24. The van der Waals surface area contributed by atoms with Gasteiger partial charge in [-0.05, 0) is 62.1 Å². The number of hydrogen-bond donors (Lipinski definition) is 2. The molecule has 8 heteroatoms. The quantitative estimate of drug-likeness (QED) is 0.482. The van der Waals surface area contributed by atoms with E-state index in [0.717, 1.165) is 36.8 Å². The second-order valence-corrected chi connectivity index (χ2v) is 9.06. The third-order valence-corrected chi connectivity index (χ3v) is 6.66. The lowest BCUT2D eigenvalue weighted by atomic mass is 9.99. The highest BCUT2D eigenvalue weighted by Crippen LogP contribution is 2.33. The molecule has 0 radical (unpaired) electrons.